The molecule has 0 spiro atoms. The molecule has 0 saturated heterocycles. The predicted molar refractivity (Wildman–Crippen MR) is 94.6 cm³/mol. The van der Waals surface area contributed by atoms with Gasteiger partial charge in [0.2, 0.25) is 0 Å². The molecule has 1 amide bonds. The van der Waals surface area contributed by atoms with Crippen molar-refractivity contribution in [3.05, 3.63) is 35.7 Å². The van der Waals surface area contributed by atoms with E-state index in [2.05, 4.69) is 15.4 Å². The standard InChI is InChI=1S/C17H19N5O3/c1-9-14-15(11(16(18)23)8-19-17(14)22(2)21-9)20-10-5-6-12(24-3)13(7-10)25-4/h5-8H,1-4H3,(H2,18,23)(H,19,20). The van der Waals surface area contributed by atoms with Gasteiger partial charge < -0.3 is 20.5 Å². The zero-order valence-corrected chi connectivity index (χ0v) is 14.5. The number of hydrogen-bond donors (Lipinski definition) is 2. The van der Waals surface area contributed by atoms with Crippen LogP contribution in [0.1, 0.15) is 16.1 Å². The van der Waals surface area contributed by atoms with Crippen molar-refractivity contribution in [1.29, 1.82) is 0 Å². The van der Waals surface area contributed by atoms with Crippen molar-refractivity contribution in [2.45, 2.75) is 6.92 Å². The Labute approximate surface area is 144 Å². The van der Waals surface area contributed by atoms with E-state index in [4.69, 9.17) is 15.2 Å². The molecule has 8 heteroatoms. The molecule has 0 unspecified atom stereocenters. The van der Waals surface area contributed by atoms with Gasteiger partial charge in [-0.15, -0.1) is 0 Å². The van der Waals surface area contributed by atoms with E-state index in [1.54, 1.807) is 38.1 Å². The first-order chi connectivity index (χ1) is 12.0. The molecule has 3 N–H and O–H groups in total. The van der Waals surface area contributed by atoms with Crippen molar-refractivity contribution < 1.29 is 14.3 Å². The Balaban J connectivity index is 2.17. The summed E-state index contributed by atoms with van der Waals surface area (Å²) >= 11 is 0. The fourth-order valence-electron chi connectivity index (χ4n) is 2.79. The summed E-state index contributed by atoms with van der Waals surface area (Å²) in [4.78, 5) is 16.2. The molecule has 1 aromatic carbocycles. The average molecular weight is 341 g/mol. The number of aryl methyl sites for hydroxylation is 2. The summed E-state index contributed by atoms with van der Waals surface area (Å²) in [5, 5.41) is 8.36. The molecule has 0 saturated carbocycles. The van der Waals surface area contributed by atoms with Crippen LogP contribution in [-0.4, -0.2) is 34.9 Å². The number of methoxy groups -OCH3 is 2. The molecular formula is C17H19N5O3. The number of anilines is 2. The summed E-state index contributed by atoms with van der Waals surface area (Å²) in [7, 11) is 4.93. The number of carbonyl (C=O) groups excluding carboxylic acids is 1. The lowest BCUT2D eigenvalue weighted by molar-refractivity contribution is 0.100. The number of ether oxygens (including phenoxy) is 2. The van der Waals surface area contributed by atoms with Crippen molar-refractivity contribution in [3.8, 4) is 11.5 Å². The highest BCUT2D eigenvalue weighted by molar-refractivity contribution is 6.07. The fraction of sp³-hybridized carbons (Fsp3) is 0.235. The lowest BCUT2D eigenvalue weighted by atomic mass is 10.1. The first-order valence-corrected chi connectivity index (χ1v) is 7.57. The van der Waals surface area contributed by atoms with Crippen LogP contribution in [0.4, 0.5) is 11.4 Å². The molecule has 3 rings (SSSR count). The smallest absolute Gasteiger partial charge is 0.252 e. The summed E-state index contributed by atoms with van der Waals surface area (Å²) in [5.41, 5.74) is 8.50. The van der Waals surface area contributed by atoms with Crippen LogP contribution in [0.25, 0.3) is 11.0 Å². The Morgan fingerprint density at radius 2 is 1.96 bits per heavy atom. The molecule has 0 bridgehead atoms. The van der Waals surface area contributed by atoms with Gasteiger partial charge >= 0.3 is 0 Å². The number of hydrogen-bond acceptors (Lipinski definition) is 6. The van der Waals surface area contributed by atoms with E-state index >= 15 is 0 Å². The first kappa shape index (κ1) is 16.6. The van der Waals surface area contributed by atoms with E-state index in [1.165, 1.54) is 6.20 Å². The number of pyridine rings is 1. The second-order valence-electron chi connectivity index (χ2n) is 5.51. The highest BCUT2D eigenvalue weighted by Gasteiger charge is 2.19. The van der Waals surface area contributed by atoms with Gasteiger partial charge in [0, 0.05) is 25.0 Å². The van der Waals surface area contributed by atoms with Crippen molar-refractivity contribution in [3.63, 3.8) is 0 Å². The molecule has 25 heavy (non-hydrogen) atoms. The van der Waals surface area contributed by atoms with Gasteiger partial charge in [0.25, 0.3) is 5.91 Å². The van der Waals surface area contributed by atoms with Crippen LogP contribution in [0.15, 0.2) is 24.4 Å². The molecular weight excluding hydrogens is 322 g/mol. The molecule has 130 valence electrons. The minimum atomic E-state index is -0.569. The van der Waals surface area contributed by atoms with Crippen molar-refractivity contribution >= 4 is 28.3 Å². The average Bonchev–Trinajstić information content (AvgIpc) is 2.89. The van der Waals surface area contributed by atoms with Crippen LogP contribution < -0.4 is 20.5 Å². The molecule has 0 radical (unpaired) electrons. The zero-order chi connectivity index (χ0) is 18.1. The Hall–Kier alpha value is -3.29. The van der Waals surface area contributed by atoms with Crippen LogP contribution in [0.3, 0.4) is 0 Å². The van der Waals surface area contributed by atoms with E-state index in [9.17, 15) is 4.79 Å². The van der Waals surface area contributed by atoms with E-state index in [0.717, 1.165) is 16.8 Å². The third-order valence-electron chi connectivity index (χ3n) is 3.95. The van der Waals surface area contributed by atoms with Gasteiger partial charge in [-0.3, -0.25) is 9.48 Å². The van der Waals surface area contributed by atoms with Gasteiger partial charge in [-0.1, -0.05) is 0 Å². The van der Waals surface area contributed by atoms with E-state index in [0.29, 0.717) is 28.4 Å². The van der Waals surface area contributed by atoms with Gasteiger partial charge in [-0.2, -0.15) is 5.10 Å². The third-order valence-corrected chi connectivity index (χ3v) is 3.95. The number of carbonyl (C=O) groups is 1. The van der Waals surface area contributed by atoms with Crippen LogP contribution in [-0.2, 0) is 7.05 Å². The first-order valence-electron chi connectivity index (χ1n) is 7.57. The molecule has 0 atom stereocenters. The Kier molecular flexibility index (Phi) is 4.18. The number of nitrogens with two attached hydrogens (primary N) is 1. The Morgan fingerprint density at radius 3 is 2.60 bits per heavy atom. The fourth-order valence-corrected chi connectivity index (χ4v) is 2.79. The molecule has 0 aliphatic rings. The molecule has 2 heterocycles. The van der Waals surface area contributed by atoms with E-state index in [-0.39, 0.29) is 0 Å². The zero-order valence-electron chi connectivity index (χ0n) is 14.5. The van der Waals surface area contributed by atoms with Gasteiger partial charge in [-0.25, -0.2) is 4.98 Å². The second kappa shape index (κ2) is 6.31. The van der Waals surface area contributed by atoms with Gasteiger partial charge in [0.1, 0.15) is 0 Å². The highest BCUT2D eigenvalue weighted by Crippen LogP contribution is 2.34. The normalized spacial score (nSPS) is 10.7. The molecule has 0 aliphatic carbocycles. The minimum Gasteiger partial charge on any atom is -0.493 e. The topological polar surface area (TPSA) is 104 Å². The quantitative estimate of drug-likeness (QED) is 0.737. The molecule has 0 fully saturated rings. The Bertz CT molecular complexity index is 965. The third kappa shape index (κ3) is 2.82. The number of fused-ring (bicyclic) bond motifs is 1. The summed E-state index contributed by atoms with van der Waals surface area (Å²) in [6.45, 7) is 1.86. The number of nitrogens with zero attached hydrogens (tertiary/aromatic N) is 3. The lowest BCUT2D eigenvalue weighted by Crippen LogP contribution is -2.14. The van der Waals surface area contributed by atoms with Crippen LogP contribution in [0, 0.1) is 6.92 Å². The number of nitrogens with one attached hydrogen (secondary N) is 1. The van der Waals surface area contributed by atoms with Crippen molar-refractivity contribution in [1.82, 2.24) is 14.8 Å². The van der Waals surface area contributed by atoms with E-state index < -0.39 is 5.91 Å². The maximum absolute atomic E-state index is 11.9. The maximum atomic E-state index is 11.9. The number of rotatable bonds is 5. The van der Waals surface area contributed by atoms with Crippen LogP contribution in [0.2, 0.25) is 0 Å². The largest absolute Gasteiger partial charge is 0.493 e. The van der Waals surface area contributed by atoms with Gasteiger partial charge in [-0.05, 0) is 19.1 Å². The summed E-state index contributed by atoms with van der Waals surface area (Å²) in [5.74, 6) is 0.613. The summed E-state index contributed by atoms with van der Waals surface area (Å²) < 4.78 is 12.2. The Morgan fingerprint density at radius 1 is 1.24 bits per heavy atom. The molecule has 2 aromatic heterocycles. The predicted octanol–water partition coefficient (Wildman–Crippen LogP) is 2.14. The highest BCUT2D eigenvalue weighted by atomic mass is 16.5. The SMILES string of the molecule is COc1ccc(Nc2c(C(N)=O)cnc3c2c(C)nn3C)cc1OC. The second-order valence-corrected chi connectivity index (χ2v) is 5.51. The number of benzene rings is 1. The monoisotopic (exact) mass is 341 g/mol. The molecule has 0 aliphatic heterocycles. The summed E-state index contributed by atoms with van der Waals surface area (Å²) in [6.07, 6.45) is 1.45. The van der Waals surface area contributed by atoms with Crippen LogP contribution >= 0.6 is 0 Å². The lowest BCUT2D eigenvalue weighted by Gasteiger charge is -2.14. The van der Waals surface area contributed by atoms with Crippen molar-refractivity contribution in [2.24, 2.45) is 12.8 Å². The molecule has 8 nitrogen and oxygen atoms in total. The van der Waals surface area contributed by atoms with E-state index in [1.807, 2.05) is 13.0 Å². The maximum Gasteiger partial charge on any atom is 0.252 e. The molecule has 3 aromatic rings. The summed E-state index contributed by atoms with van der Waals surface area (Å²) in [6, 6.07) is 5.38. The van der Waals surface area contributed by atoms with Gasteiger partial charge in [0.15, 0.2) is 17.1 Å². The number of aromatic nitrogens is 3. The minimum absolute atomic E-state index is 0.290. The van der Waals surface area contributed by atoms with Crippen LogP contribution in [0.5, 0.6) is 11.5 Å². The van der Waals surface area contributed by atoms with Gasteiger partial charge in [0.05, 0.1) is 36.6 Å². The number of amides is 1. The number of primary amides is 1. The van der Waals surface area contributed by atoms with Crippen molar-refractivity contribution in [2.75, 3.05) is 19.5 Å².